The predicted octanol–water partition coefficient (Wildman–Crippen LogP) is -3.95. The van der Waals surface area contributed by atoms with Gasteiger partial charge in [0.2, 0.25) is 0 Å². The maximum absolute atomic E-state index is 10.8. The van der Waals surface area contributed by atoms with Crippen LogP contribution in [0.1, 0.15) is 0 Å². The van der Waals surface area contributed by atoms with Gasteiger partial charge in [-0.3, -0.25) is 4.55 Å². The van der Waals surface area contributed by atoms with Crippen LogP contribution in [-0.2, 0) is 19.6 Å². The van der Waals surface area contributed by atoms with Crippen LogP contribution in [0.15, 0.2) is 0 Å². The van der Waals surface area contributed by atoms with Crippen molar-refractivity contribution >= 4 is 10.1 Å². The van der Waals surface area contributed by atoms with Gasteiger partial charge in [0, 0.05) is 0 Å². The van der Waals surface area contributed by atoms with Gasteiger partial charge in [0.05, 0.1) is 13.2 Å². The number of rotatable bonds is 6. The molecule has 0 radical (unpaired) electrons. The molecule has 0 aromatic heterocycles. The van der Waals surface area contributed by atoms with Crippen molar-refractivity contribution < 1.29 is 48.0 Å². The van der Waals surface area contributed by atoms with Gasteiger partial charge in [-0.1, -0.05) is 0 Å². The molecule has 1 aliphatic heterocycles. The highest BCUT2D eigenvalue weighted by atomic mass is 32.2. The van der Waals surface area contributed by atoms with Crippen LogP contribution < -0.4 is 0 Å². The van der Waals surface area contributed by atoms with E-state index in [0.29, 0.717) is 0 Å². The molecule has 20 heavy (non-hydrogen) atoms. The molecule has 120 valence electrons. The molecule has 0 saturated carbocycles. The molecule has 6 atom stereocenters. The van der Waals surface area contributed by atoms with E-state index in [9.17, 15) is 23.7 Å². The largest absolute Gasteiger partial charge is 0.394 e. The lowest BCUT2D eigenvalue weighted by Gasteiger charge is -2.40. The highest BCUT2D eigenvalue weighted by Gasteiger charge is 2.45. The Bertz CT molecular complexity index is 398. The Hall–Kier alpha value is -0.370. The first-order valence-corrected chi connectivity index (χ1v) is 7.32. The van der Waals surface area contributed by atoms with Crippen LogP contribution in [0.25, 0.3) is 0 Å². The third kappa shape index (κ3) is 4.87. The summed E-state index contributed by atoms with van der Waals surface area (Å²) in [5.41, 5.74) is 0. The molecule has 0 aliphatic carbocycles. The van der Waals surface area contributed by atoms with Crippen LogP contribution in [0.3, 0.4) is 0 Å². The Morgan fingerprint density at radius 1 is 1.15 bits per heavy atom. The van der Waals surface area contributed by atoms with Crippen LogP contribution in [0, 0.1) is 0 Å². The molecule has 11 heteroatoms. The van der Waals surface area contributed by atoms with Crippen molar-refractivity contribution in [3.05, 3.63) is 0 Å². The zero-order valence-electron chi connectivity index (χ0n) is 10.3. The molecule has 1 aliphatic rings. The van der Waals surface area contributed by atoms with Crippen LogP contribution in [0.5, 0.6) is 0 Å². The SMILES string of the molecule is O=S(=O)(O)C[C@H]1O[C@H](OC[C@@H](O)CO)[C@H](O)[C@@H](O)[C@@H]1O. The number of aliphatic hydroxyl groups excluding tert-OH is 5. The number of aliphatic hydroxyl groups is 5. The van der Waals surface area contributed by atoms with Crippen molar-refractivity contribution in [2.45, 2.75) is 36.8 Å². The second kappa shape index (κ2) is 7.06. The van der Waals surface area contributed by atoms with E-state index in [1.54, 1.807) is 0 Å². The van der Waals surface area contributed by atoms with E-state index < -0.39 is 65.9 Å². The Morgan fingerprint density at radius 3 is 2.25 bits per heavy atom. The van der Waals surface area contributed by atoms with Crippen molar-refractivity contribution in [2.24, 2.45) is 0 Å². The van der Waals surface area contributed by atoms with Crippen LogP contribution in [0.4, 0.5) is 0 Å². The Morgan fingerprint density at radius 2 is 1.75 bits per heavy atom. The highest BCUT2D eigenvalue weighted by molar-refractivity contribution is 7.85. The van der Waals surface area contributed by atoms with E-state index >= 15 is 0 Å². The van der Waals surface area contributed by atoms with Gasteiger partial charge in [0.1, 0.15) is 36.3 Å². The van der Waals surface area contributed by atoms with Gasteiger partial charge < -0.3 is 35.0 Å². The summed E-state index contributed by atoms with van der Waals surface area (Å²) in [6, 6.07) is 0. The molecule has 0 spiro atoms. The van der Waals surface area contributed by atoms with E-state index in [2.05, 4.69) is 0 Å². The van der Waals surface area contributed by atoms with Crippen molar-refractivity contribution in [2.75, 3.05) is 19.0 Å². The van der Waals surface area contributed by atoms with Gasteiger partial charge in [0.25, 0.3) is 10.1 Å². The molecule has 6 N–H and O–H groups in total. The third-order valence-corrected chi connectivity index (χ3v) is 3.46. The zero-order chi connectivity index (χ0) is 15.5. The highest BCUT2D eigenvalue weighted by Crippen LogP contribution is 2.23. The summed E-state index contributed by atoms with van der Waals surface area (Å²) in [5, 5.41) is 46.4. The molecule has 0 amide bonds. The Balaban J connectivity index is 2.70. The van der Waals surface area contributed by atoms with Gasteiger partial charge in [-0.25, -0.2) is 0 Å². The molecule has 1 saturated heterocycles. The minimum Gasteiger partial charge on any atom is -0.394 e. The maximum atomic E-state index is 10.8. The van der Waals surface area contributed by atoms with Crippen molar-refractivity contribution in [3.63, 3.8) is 0 Å². The molecule has 1 rings (SSSR count). The second-order valence-corrected chi connectivity index (χ2v) is 5.93. The molecule has 1 heterocycles. The maximum Gasteiger partial charge on any atom is 0.267 e. The standard InChI is InChI=1S/C9H18O10S/c10-1-4(11)2-18-9-8(14)7(13)6(12)5(19-9)3-20(15,16)17/h4-14H,1-3H2,(H,15,16,17)/t4-,5+,6+,7-,8+,9-/m0/s1. The number of hydrogen-bond donors (Lipinski definition) is 6. The second-order valence-electron chi connectivity index (χ2n) is 4.43. The lowest BCUT2D eigenvalue weighted by atomic mass is 10.00. The lowest BCUT2D eigenvalue weighted by molar-refractivity contribution is -0.296. The zero-order valence-corrected chi connectivity index (χ0v) is 11.1. The van der Waals surface area contributed by atoms with Crippen LogP contribution in [0.2, 0.25) is 0 Å². The molecule has 0 aromatic carbocycles. The van der Waals surface area contributed by atoms with E-state index in [0.717, 1.165) is 0 Å². The average Bonchev–Trinajstić information content (AvgIpc) is 2.36. The molecular formula is C9H18O10S. The van der Waals surface area contributed by atoms with Crippen molar-refractivity contribution in [3.8, 4) is 0 Å². The van der Waals surface area contributed by atoms with E-state index in [1.165, 1.54) is 0 Å². The van der Waals surface area contributed by atoms with Gasteiger partial charge in [0.15, 0.2) is 6.29 Å². The van der Waals surface area contributed by atoms with E-state index in [1.807, 2.05) is 0 Å². The van der Waals surface area contributed by atoms with Crippen molar-refractivity contribution in [1.82, 2.24) is 0 Å². The fraction of sp³-hybridized carbons (Fsp3) is 1.00. The fourth-order valence-corrected chi connectivity index (χ4v) is 2.35. The monoisotopic (exact) mass is 318 g/mol. The summed E-state index contributed by atoms with van der Waals surface area (Å²) < 4.78 is 40.0. The molecule has 1 fully saturated rings. The minimum atomic E-state index is -4.48. The lowest BCUT2D eigenvalue weighted by Crippen LogP contribution is -2.60. The molecular weight excluding hydrogens is 300 g/mol. The summed E-state index contributed by atoms with van der Waals surface area (Å²) in [6.45, 7) is -1.05. The van der Waals surface area contributed by atoms with E-state index in [4.69, 9.17) is 24.2 Å². The van der Waals surface area contributed by atoms with Crippen LogP contribution >= 0.6 is 0 Å². The summed E-state index contributed by atoms with van der Waals surface area (Å²) in [5.74, 6) is -1.000. The average molecular weight is 318 g/mol. The molecule has 0 unspecified atom stereocenters. The predicted molar refractivity (Wildman–Crippen MR) is 62.1 cm³/mol. The molecule has 0 bridgehead atoms. The first kappa shape index (κ1) is 17.7. The topological polar surface area (TPSA) is 174 Å². The number of ether oxygens (including phenoxy) is 2. The summed E-state index contributed by atoms with van der Waals surface area (Å²) in [6.07, 6.45) is -9.48. The smallest absolute Gasteiger partial charge is 0.267 e. The van der Waals surface area contributed by atoms with Crippen molar-refractivity contribution in [1.29, 1.82) is 0 Å². The normalized spacial score (nSPS) is 36.8. The minimum absolute atomic E-state index is 0.445. The Kier molecular flexibility index (Phi) is 6.25. The van der Waals surface area contributed by atoms with Gasteiger partial charge in [-0.2, -0.15) is 8.42 Å². The van der Waals surface area contributed by atoms with Crippen LogP contribution in [-0.4, -0.2) is 94.3 Å². The van der Waals surface area contributed by atoms with E-state index in [-0.39, 0.29) is 0 Å². The third-order valence-electron chi connectivity index (χ3n) is 2.71. The molecule has 10 nitrogen and oxygen atoms in total. The number of hydrogen-bond acceptors (Lipinski definition) is 9. The summed E-state index contributed by atoms with van der Waals surface area (Å²) in [7, 11) is -4.48. The first-order valence-electron chi connectivity index (χ1n) is 5.71. The molecule has 0 aromatic rings. The van der Waals surface area contributed by atoms with Gasteiger partial charge in [-0.05, 0) is 0 Å². The first-order chi connectivity index (χ1) is 9.15. The van der Waals surface area contributed by atoms with Gasteiger partial charge in [-0.15, -0.1) is 0 Å². The fourth-order valence-electron chi connectivity index (χ4n) is 1.66. The van der Waals surface area contributed by atoms with Gasteiger partial charge >= 0.3 is 0 Å². The summed E-state index contributed by atoms with van der Waals surface area (Å²) in [4.78, 5) is 0. The Labute approximate surface area is 114 Å². The summed E-state index contributed by atoms with van der Waals surface area (Å²) >= 11 is 0. The quantitative estimate of drug-likeness (QED) is 0.265.